The molecule has 2 N–H and O–H groups in total. The lowest BCUT2D eigenvalue weighted by molar-refractivity contribution is 0.0784. The molecule has 0 radical (unpaired) electrons. The minimum absolute atomic E-state index is 0.0342. The van der Waals surface area contributed by atoms with E-state index in [0.717, 1.165) is 11.3 Å². The van der Waals surface area contributed by atoms with Crippen molar-refractivity contribution in [3.8, 4) is 0 Å². The summed E-state index contributed by atoms with van der Waals surface area (Å²) in [5.41, 5.74) is 8.82. The predicted molar refractivity (Wildman–Crippen MR) is 74.6 cm³/mol. The summed E-state index contributed by atoms with van der Waals surface area (Å²) in [4.78, 5) is 14.0. The van der Waals surface area contributed by atoms with Crippen LogP contribution >= 0.6 is 0 Å². The number of aromatic nitrogens is 2. The number of carbonyl (C=O) groups is 1. The molecule has 0 fully saturated rings. The van der Waals surface area contributed by atoms with E-state index in [2.05, 4.69) is 5.10 Å². The van der Waals surface area contributed by atoms with E-state index in [1.807, 2.05) is 38.2 Å². The first kappa shape index (κ1) is 13.1. The van der Waals surface area contributed by atoms with Crippen molar-refractivity contribution in [2.24, 2.45) is 7.05 Å². The van der Waals surface area contributed by atoms with Gasteiger partial charge >= 0.3 is 0 Å². The number of nitrogen functional groups attached to an aromatic ring is 1. The van der Waals surface area contributed by atoms with Gasteiger partial charge in [0.2, 0.25) is 0 Å². The summed E-state index contributed by atoms with van der Waals surface area (Å²) in [6, 6.07) is 7.55. The van der Waals surface area contributed by atoms with E-state index < -0.39 is 0 Å². The molecule has 1 aromatic heterocycles. The highest BCUT2D eigenvalue weighted by molar-refractivity contribution is 5.94. The summed E-state index contributed by atoms with van der Waals surface area (Å²) in [5.74, 6) is -0.0342. The Morgan fingerprint density at radius 2 is 2.21 bits per heavy atom. The molecule has 19 heavy (non-hydrogen) atoms. The molecule has 5 nitrogen and oxygen atoms in total. The van der Waals surface area contributed by atoms with Gasteiger partial charge in [-0.1, -0.05) is 12.1 Å². The summed E-state index contributed by atoms with van der Waals surface area (Å²) in [6.07, 6.45) is 1.74. The smallest absolute Gasteiger partial charge is 0.257 e. The lowest BCUT2D eigenvalue weighted by Crippen LogP contribution is -2.26. The molecule has 0 aliphatic heterocycles. The minimum Gasteiger partial charge on any atom is -0.399 e. The molecule has 0 unspecified atom stereocenters. The minimum atomic E-state index is -0.0342. The van der Waals surface area contributed by atoms with Crippen LogP contribution in [0.25, 0.3) is 0 Å². The lowest BCUT2D eigenvalue weighted by Gasteiger charge is -2.17. The van der Waals surface area contributed by atoms with E-state index in [-0.39, 0.29) is 5.91 Å². The zero-order valence-electron chi connectivity index (χ0n) is 11.4. The number of nitrogens with zero attached hydrogens (tertiary/aromatic N) is 3. The highest BCUT2D eigenvalue weighted by Gasteiger charge is 2.16. The molecule has 0 saturated heterocycles. The lowest BCUT2D eigenvalue weighted by atomic mass is 10.1. The monoisotopic (exact) mass is 258 g/mol. The van der Waals surface area contributed by atoms with Crippen LogP contribution in [0.2, 0.25) is 0 Å². The Kier molecular flexibility index (Phi) is 3.55. The number of rotatable bonds is 3. The van der Waals surface area contributed by atoms with Gasteiger partial charge in [-0.05, 0) is 24.6 Å². The van der Waals surface area contributed by atoms with Crippen molar-refractivity contribution < 1.29 is 4.79 Å². The summed E-state index contributed by atoms with van der Waals surface area (Å²) < 4.78 is 1.65. The number of carbonyl (C=O) groups excluding carboxylic acids is 1. The number of benzene rings is 1. The molecule has 0 aliphatic rings. The molecule has 2 aromatic rings. The average molecular weight is 258 g/mol. The Morgan fingerprint density at radius 1 is 1.47 bits per heavy atom. The fraction of sp³-hybridized carbons (Fsp3) is 0.286. The molecule has 0 atom stereocenters. The molecule has 0 bridgehead atoms. The van der Waals surface area contributed by atoms with E-state index in [9.17, 15) is 4.79 Å². The van der Waals surface area contributed by atoms with Gasteiger partial charge in [0.05, 0.1) is 11.3 Å². The Balaban J connectivity index is 2.14. The number of hydrogen-bond acceptors (Lipinski definition) is 3. The van der Waals surface area contributed by atoms with Crippen molar-refractivity contribution in [3.63, 3.8) is 0 Å². The standard InChI is InChI=1S/C14H18N4O/c1-10-13(9-18(3)16-10)14(19)17(2)8-11-5-4-6-12(15)7-11/h4-7,9H,8,15H2,1-3H3. The van der Waals surface area contributed by atoms with Gasteiger partial charge in [-0.25, -0.2) is 0 Å². The van der Waals surface area contributed by atoms with Gasteiger partial charge in [0.25, 0.3) is 5.91 Å². The Hall–Kier alpha value is -2.30. The van der Waals surface area contributed by atoms with Crippen molar-refractivity contribution in [3.05, 3.63) is 47.3 Å². The van der Waals surface area contributed by atoms with Crippen LogP contribution in [0.3, 0.4) is 0 Å². The molecule has 0 spiro atoms. The van der Waals surface area contributed by atoms with E-state index >= 15 is 0 Å². The Bertz CT molecular complexity index is 603. The number of aryl methyl sites for hydroxylation is 2. The second-order valence-electron chi connectivity index (χ2n) is 4.71. The van der Waals surface area contributed by atoms with Gasteiger partial charge in [-0.2, -0.15) is 5.10 Å². The van der Waals surface area contributed by atoms with Gasteiger partial charge in [-0.15, -0.1) is 0 Å². The summed E-state index contributed by atoms with van der Waals surface area (Å²) >= 11 is 0. The quantitative estimate of drug-likeness (QED) is 0.850. The molecular formula is C14H18N4O. The van der Waals surface area contributed by atoms with Crippen LogP contribution < -0.4 is 5.73 Å². The van der Waals surface area contributed by atoms with Crippen molar-refractivity contribution in [1.82, 2.24) is 14.7 Å². The van der Waals surface area contributed by atoms with E-state index in [0.29, 0.717) is 17.8 Å². The molecule has 1 heterocycles. The third-order valence-corrected chi connectivity index (χ3v) is 2.96. The highest BCUT2D eigenvalue weighted by Crippen LogP contribution is 2.12. The maximum absolute atomic E-state index is 12.3. The van der Waals surface area contributed by atoms with Crippen molar-refractivity contribution in [2.75, 3.05) is 12.8 Å². The highest BCUT2D eigenvalue weighted by atomic mass is 16.2. The van der Waals surface area contributed by atoms with Gasteiger partial charge in [0.15, 0.2) is 0 Å². The zero-order valence-corrected chi connectivity index (χ0v) is 11.4. The van der Waals surface area contributed by atoms with Crippen LogP contribution in [-0.4, -0.2) is 27.6 Å². The molecule has 1 aromatic carbocycles. The second-order valence-corrected chi connectivity index (χ2v) is 4.71. The third-order valence-electron chi connectivity index (χ3n) is 2.96. The predicted octanol–water partition coefficient (Wildman–Crippen LogP) is 1.58. The zero-order chi connectivity index (χ0) is 14.0. The van der Waals surface area contributed by atoms with Gasteiger partial charge in [0.1, 0.15) is 0 Å². The molecule has 0 aliphatic carbocycles. The summed E-state index contributed by atoms with van der Waals surface area (Å²) in [7, 11) is 3.58. The van der Waals surface area contributed by atoms with Crippen molar-refractivity contribution in [2.45, 2.75) is 13.5 Å². The maximum Gasteiger partial charge on any atom is 0.257 e. The molecule has 1 amide bonds. The van der Waals surface area contributed by atoms with E-state index in [4.69, 9.17) is 5.73 Å². The summed E-state index contributed by atoms with van der Waals surface area (Å²) in [5, 5.41) is 4.18. The van der Waals surface area contributed by atoms with Gasteiger partial charge in [0, 0.05) is 32.5 Å². The number of nitrogens with two attached hydrogens (primary N) is 1. The summed E-state index contributed by atoms with van der Waals surface area (Å²) in [6.45, 7) is 2.36. The SMILES string of the molecule is Cc1nn(C)cc1C(=O)N(C)Cc1cccc(N)c1. The van der Waals surface area contributed by atoms with E-state index in [1.165, 1.54) is 0 Å². The number of anilines is 1. The molecule has 2 rings (SSSR count). The van der Waals surface area contributed by atoms with Crippen LogP contribution in [0.15, 0.2) is 30.5 Å². The van der Waals surface area contributed by atoms with Crippen LogP contribution in [0, 0.1) is 6.92 Å². The molecule has 100 valence electrons. The van der Waals surface area contributed by atoms with Crippen LogP contribution in [-0.2, 0) is 13.6 Å². The number of amides is 1. The van der Waals surface area contributed by atoms with Crippen molar-refractivity contribution in [1.29, 1.82) is 0 Å². The molecule has 0 saturated carbocycles. The topological polar surface area (TPSA) is 64.2 Å². The molecular weight excluding hydrogens is 240 g/mol. The average Bonchev–Trinajstić information content (AvgIpc) is 2.67. The first-order chi connectivity index (χ1) is 8.97. The first-order valence-electron chi connectivity index (χ1n) is 6.07. The second kappa shape index (κ2) is 5.14. The van der Waals surface area contributed by atoms with E-state index in [1.54, 1.807) is 22.8 Å². The van der Waals surface area contributed by atoms with Gasteiger partial charge < -0.3 is 10.6 Å². The van der Waals surface area contributed by atoms with Crippen LogP contribution in [0.5, 0.6) is 0 Å². The maximum atomic E-state index is 12.3. The van der Waals surface area contributed by atoms with Crippen LogP contribution in [0.4, 0.5) is 5.69 Å². The Labute approximate surface area is 112 Å². The number of hydrogen-bond donors (Lipinski definition) is 1. The fourth-order valence-electron chi connectivity index (χ4n) is 2.05. The molecule has 5 heteroatoms. The normalized spacial score (nSPS) is 10.5. The first-order valence-corrected chi connectivity index (χ1v) is 6.07. The van der Waals surface area contributed by atoms with Gasteiger partial charge in [-0.3, -0.25) is 9.48 Å². The largest absolute Gasteiger partial charge is 0.399 e. The Morgan fingerprint density at radius 3 is 2.79 bits per heavy atom. The van der Waals surface area contributed by atoms with Crippen LogP contribution in [0.1, 0.15) is 21.6 Å². The van der Waals surface area contributed by atoms with Crippen molar-refractivity contribution >= 4 is 11.6 Å². The fourth-order valence-corrected chi connectivity index (χ4v) is 2.05. The third kappa shape index (κ3) is 2.93.